The summed E-state index contributed by atoms with van der Waals surface area (Å²) >= 11 is 0. The molecular formula is C23H31N3O4. The van der Waals surface area contributed by atoms with Crippen molar-refractivity contribution < 1.29 is 19.1 Å². The van der Waals surface area contributed by atoms with Gasteiger partial charge in [0, 0.05) is 24.3 Å². The van der Waals surface area contributed by atoms with Gasteiger partial charge < -0.3 is 20.4 Å². The first-order chi connectivity index (χ1) is 14.3. The molecule has 7 heteroatoms. The van der Waals surface area contributed by atoms with Gasteiger partial charge in [-0.3, -0.25) is 9.59 Å². The van der Waals surface area contributed by atoms with Crippen LogP contribution in [0.4, 0.5) is 5.69 Å². The maximum Gasteiger partial charge on any atom is 0.339 e. The lowest BCUT2D eigenvalue weighted by Crippen LogP contribution is -2.24. The van der Waals surface area contributed by atoms with Crippen LogP contribution in [0.3, 0.4) is 0 Å². The second-order valence-electron chi connectivity index (χ2n) is 7.75. The van der Waals surface area contributed by atoms with Crippen molar-refractivity contribution in [2.45, 2.75) is 53.5 Å². The fourth-order valence-corrected chi connectivity index (χ4v) is 3.36. The zero-order valence-corrected chi connectivity index (χ0v) is 18.3. The fourth-order valence-electron chi connectivity index (χ4n) is 3.36. The number of hydrogen-bond donors (Lipinski definition) is 3. The van der Waals surface area contributed by atoms with E-state index in [4.69, 9.17) is 4.74 Å². The van der Waals surface area contributed by atoms with E-state index in [1.165, 1.54) is 7.11 Å². The van der Waals surface area contributed by atoms with Gasteiger partial charge in [-0.1, -0.05) is 39.3 Å². The quantitative estimate of drug-likeness (QED) is 0.541. The molecule has 0 aliphatic heterocycles. The molecule has 2 rings (SSSR count). The highest BCUT2D eigenvalue weighted by Gasteiger charge is 2.24. The van der Waals surface area contributed by atoms with Crippen molar-refractivity contribution in [2.24, 2.45) is 5.92 Å². The SMILES string of the molecule is CCCc1c(C(=O)NCc2cccc(NC(=O)CC(C)C)c2)[nH]c(C)c1C(=O)OC. The minimum atomic E-state index is -0.448. The van der Waals surface area contributed by atoms with Gasteiger partial charge in [0.2, 0.25) is 5.91 Å². The van der Waals surface area contributed by atoms with E-state index in [0.29, 0.717) is 47.6 Å². The van der Waals surface area contributed by atoms with Crippen LogP contribution in [0.1, 0.15) is 71.3 Å². The number of H-pyrrole nitrogens is 1. The highest BCUT2D eigenvalue weighted by atomic mass is 16.5. The van der Waals surface area contributed by atoms with Gasteiger partial charge >= 0.3 is 5.97 Å². The molecule has 2 amide bonds. The maximum atomic E-state index is 12.8. The second kappa shape index (κ2) is 10.6. The Labute approximate surface area is 177 Å². The molecule has 0 bridgehead atoms. The van der Waals surface area contributed by atoms with Gasteiger partial charge in [0.05, 0.1) is 12.7 Å². The largest absolute Gasteiger partial charge is 0.465 e. The molecule has 1 aromatic heterocycles. The number of anilines is 1. The smallest absolute Gasteiger partial charge is 0.339 e. The fraction of sp³-hybridized carbons (Fsp3) is 0.435. The summed E-state index contributed by atoms with van der Waals surface area (Å²) in [7, 11) is 1.33. The molecule has 0 unspecified atom stereocenters. The minimum absolute atomic E-state index is 0.0346. The molecule has 0 saturated carbocycles. The number of carbonyl (C=O) groups excluding carboxylic acids is 3. The number of amides is 2. The van der Waals surface area contributed by atoms with Crippen molar-refractivity contribution >= 4 is 23.5 Å². The molecule has 0 saturated heterocycles. The van der Waals surface area contributed by atoms with Crippen LogP contribution >= 0.6 is 0 Å². The number of benzene rings is 1. The molecule has 0 aliphatic rings. The third kappa shape index (κ3) is 5.95. The first kappa shape index (κ1) is 23.2. The van der Waals surface area contributed by atoms with E-state index < -0.39 is 5.97 Å². The van der Waals surface area contributed by atoms with Crippen molar-refractivity contribution in [2.75, 3.05) is 12.4 Å². The number of esters is 1. The summed E-state index contributed by atoms with van der Waals surface area (Å²) in [6.45, 7) is 8.03. The molecule has 0 fully saturated rings. The van der Waals surface area contributed by atoms with Gasteiger partial charge in [-0.05, 0) is 42.5 Å². The molecule has 2 aromatic rings. The zero-order valence-electron chi connectivity index (χ0n) is 18.3. The highest BCUT2D eigenvalue weighted by Crippen LogP contribution is 2.22. The molecule has 30 heavy (non-hydrogen) atoms. The van der Waals surface area contributed by atoms with Crippen LogP contribution in [-0.2, 0) is 22.5 Å². The molecule has 0 radical (unpaired) electrons. The van der Waals surface area contributed by atoms with Gasteiger partial charge in [0.25, 0.3) is 5.91 Å². The van der Waals surface area contributed by atoms with Gasteiger partial charge in [0.1, 0.15) is 5.69 Å². The lowest BCUT2D eigenvalue weighted by Gasteiger charge is -2.10. The van der Waals surface area contributed by atoms with Crippen molar-refractivity contribution in [3.8, 4) is 0 Å². The van der Waals surface area contributed by atoms with Crippen LogP contribution in [0.15, 0.2) is 24.3 Å². The second-order valence-corrected chi connectivity index (χ2v) is 7.75. The summed E-state index contributed by atoms with van der Waals surface area (Å²) in [5.41, 5.74) is 3.66. The normalized spacial score (nSPS) is 10.7. The Balaban J connectivity index is 2.12. The van der Waals surface area contributed by atoms with E-state index in [1.807, 2.05) is 45.0 Å². The van der Waals surface area contributed by atoms with Crippen molar-refractivity contribution in [1.82, 2.24) is 10.3 Å². The number of aromatic amines is 1. The summed E-state index contributed by atoms with van der Waals surface area (Å²) in [5, 5.41) is 5.77. The Hall–Kier alpha value is -3.09. The van der Waals surface area contributed by atoms with Crippen LogP contribution in [0.25, 0.3) is 0 Å². The summed E-state index contributed by atoms with van der Waals surface area (Å²) < 4.78 is 4.87. The van der Waals surface area contributed by atoms with Crippen molar-refractivity contribution in [1.29, 1.82) is 0 Å². The molecule has 7 nitrogen and oxygen atoms in total. The summed E-state index contributed by atoms with van der Waals surface area (Å²) in [5.74, 6) is -0.487. The Morgan fingerprint density at radius 2 is 1.93 bits per heavy atom. The number of rotatable bonds is 9. The molecule has 0 aliphatic carbocycles. The zero-order chi connectivity index (χ0) is 22.3. The van der Waals surface area contributed by atoms with Crippen LogP contribution in [0.2, 0.25) is 0 Å². The number of methoxy groups -OCH3 is 1. The topological polar surface area (TPSA) is 100 Å². The Kier molecular flexibility index (Phi) is 8.21. The number of carbonyl (C=O) groups is 3. The molecule has 3 N–H and O–H groups in total. The first-order valence-corrected chi connectivity index (χ1v) is 10.2. The maximum absolute atomic E-state index is 12.8. The average Bonchev–Trinajstić information content (AvgIpc) is 3.01. The Morgan fingerprint density at radius 3 is 2.57 bits per heavy atom. The standard InChI is InChI=1S/C23H31N3O4/c1-6-8-18-20(23(29)30-5)15(4)25-21(18)22(28)24-13-16-9-7-10-17(12-16)26-19(27)11-14(2)3/h7,9-10,12,14,25H,6,8,11,13H2,1-5H3,(H,24,28)(H,26,27). The number of aryl methyl sites for hydroxylation is 1. The lowest BCUT2D eigenvalue weighted by molar-refractivity contribution is -0.116. The molecule has 0 atom stereocenters. The third-order valence-corrected chi connectivity index (χ3v) is 4.67. The molecule has 1 aromatic carbocycles. The molecule has 0 spiro atoms. The summed E-state index contributed by atoms with van der Waals surface area (Å²) in [6, 6.07) is 7.37. The van der Waals surface area contributed by atoms with Gasteiger partial charge in [-0.15, -0.1) is 0 Å². The molecular weight excluding hydrogens is 382 g/mol. The van der Waals surface area contributed by atoms with E-state index in [-0.39, 0.29) is 17.7 Å². The first-order valence-electron chi connectivity index (χ1n) is 10.2. The van der Waals surface area contributed by atoms with E-state index >= 15 is 0 Å². The lowest BCUT2D eigenvalue weighted by atomic mass is 10.0. The van der Waals surface area contributed by atoms with Gasteiger partial charge in [-0.2, -0.15) is 0 Å². The monoisotopic (exact) mass is 413 g/mol. The van der Waals surface area contributed by atoms with Gasteiger partial charge in [-0.25, -0.2) is 4.79 Å². The Bertz CT molecular complexity index is 915. The third-order valence-electron chi connectivity index (χ3n) is 4.67. The van der Waals surface area contributed by atoms with Crippen LogP contribution < -0.4 is 10.6 Å². The van der Waals surface area contributed by atoms with E-state index in [0.717, 1.165) is 12.0 Å². The number of ether oxygens (including phenoxy) is 1. The highest BCUT2D eigenvalue weighted by molar-refractivity contribution is 6.00. The predicted octanol–water partition coefficient (Wildman–Crippen LogP) is 3.98. The number of nitrogens with one attached hydrogen (secondary N) is 3. The Morgan fingerprint density at radius 1 is 1.20 bits per heavy atom. The molecule has 1 heterocycles. The van der Waals surface area contributed by atoms with Gasteiger partial charge in [0.15, 0.2) is 0 Å². The van der Waals surface area contributed by atoms with Crippen LogP contribution in [0, 0.1) is 12.8 Å². The van der Waals surface area contributed by atoms with Crippen LogP contribution in [-0.4, -0.2) is 29.9 Å². The van der Waals surface area contributed by atoms with E-state index in [2.05, 4.69) is 15.6 Å². The average molecular weight is 414 g/mol. The number of hydrogen-bond acceptors (Lipinski definition) is 4. The minimum Gasteiger partial charge on any atom is -0.465 e. The van der Waals surface area contributed by atoms with Crippen LogP contribution in [0.5, 0.6) is 0 Å². The number of aromatic nitrogens is 1. The van der Waals surface area contributed by atoms with E-state index in [9.17, 15) is 14.4 Å². The predicted molar refractivity (Wildman–Crippen MR) is 117 cm³/mol. The molecule has 162 valence electrons. The summed E-state index contributed by atoms with van der Waals surface area (Å²) in [6.07, 6.45) is 1.84. The van der Waals surface area contributed by atoms with E-state index in [1.54, 1.807) is 6.92 Å². The van der Waals surface area contributed by atoms with Crippen molar-refractivity contribution in [3.63, 3.8) is 0 Å². The summed E-state index contributed by atoms with van der Waals surface area (Å²) in [4.78, 5) is 39.9. The van der Waals surface area contributed by atoms with Crippen molar-refractivity contribution in [3.05, 3.63) is 52.3 Å².